The maximum absolute atomic E-state index is 12.6. The van der Waals surface area contributed by atoms with Gasteiger partial charge in [0.15, 0.2) is 22.4 Å². The van der Waals surface area contributed by atoms with E-state index >= 15 is 0 Å². The molecule has 0 aliphatic carbocycles. The average Bonchev–Trinajstić information content (AvgIpc) is 2.73. The molecule has 1 aliphatic rings. The summed E-state index contributed by atoms with van der Waals surface area (Å²) in [6, 6.07) is 14.0. The number of para-hydroxylation sites is 3. The number of rotatable bonds is 4. The van der Waals surface area contributed by atoms with Gasteiger partial charge in [0.25, 0.3) is 0 Å². The Bertz CT molecular complexity index is 1270. The van der Waals surface area contributed by atoms with Crippen LogP contribution in [-0.4, -0.2) is 22.9 Å². The Kier molecular flexibility index (Phi) is 5.11. The number of allylic oxidation sites excluding steroid dienone is 3. The van der Waals surface area contributed by atoms with Crippen LogP contribution in [0, 0.1) is 0 Å². The molecule has 0 bridgehead atoms. The molecule has 2 aromatic carbocycles. The number of anilines is 2. The quantitative estimate of drug-likeness (QED) is 0.464. The summed E-state index contributed by atoms with van der Waals surface area (Å²) >= 11 is 0. The smallest absolute Gasteiger partial charge is 0.310 e. The Labute approximate surface area is 174 Å². The van der Waals surface area contributed by atoms with Gasteiger partial charge < -0.3 is 4.74 Å². The highest BCUT2D eigenvalue weighted by atomic mass is 32.2. The van der Waals surface area contributed by atoms with Gasteiger partial charge in [-0.2, -0.15) is 8.42 Å². The molecule has 0 radical (unpaired) electrons. The van der Waals surface area contributed by atoms with Crippen LogP contribution in [0.5, 0.6) is 11.5 Å². The Morgan fingerprint density at radius 3 is 2.43 bits per heavy atom. The van der Waals surface area contributed by atoms with Gasteiger partial charge in [-0.05, 0) is 49.8 Å². The second-order valence-electron chi connectivity index (χ2n) is 6.59. The normalized spacial score (nSPS) is 14.0. The third-order valence-corrected chi connectivity index (χ3v) is 5.55. The van der Waals surface area contributed by atoms with Gasteiger partial charge in [-0.3, -0.25) is 9.45 Å². The Morgan fingerprint density at radius 1 is 1.03 bits per heavy atom. The molecule has 2 heterocycles. The minimum atomic E-state index is -4.61. The van der Waals surface area contributed by atoms with Gasteiger partial charge in [0.1, 0.15) is 5.69 Å². The van der Waals surface area contributed by atoms with E-state index in [4.69, 9.17) is 4.74 Å². The van der Waals surface area contributed by atoms with Gasteiger partial charge in [0.05, 0.1) is 5.69 Å². The molecule has 30 heavy (non-hydrogen) atoms. The molecule has 0 unspecified atom stereocenters. The van der Waals surface area contributed by atoms with Crippen LogP contribution in [0.3, 0.4) is 0 Å². The van der Waals surface area contributed by atoms with E-state index in [0.717, 1.165) is 0 Å². The van der Waals surface area contributed by atoms with Gasteiger partial charge >= 0.3 is 10.1 Å². The van der Waals surface area contributed by atoms with Crippen LogP contribution in [0.15, 0.2) is 83.7 Å². The molecule has 1 aliphatic heterocycles. The predicted molar refractivity (Wildman–Crippen MR) is 115 cm³/mol. The molecule has 0 amide bonds. The molecule has 0 fully saturated rings. The summed E-state index contributed by atoms with van der Waals surface area (Å²) in [5.74, 6) is 1.29. The van der Waals surface area contributed by atoms with Crippen molar-refractivity contribution in [2.45, 2.75) is 13.8 Å². The molecule has 0 atom stereocenters. The van der Waals surface area contributed by atoms with E-state index in [0.29, 0.717) is 39.8 Å². The van der Waals surface area contributed by atoms with Gasteiger partial charge in [0, 0.05) is 18.0 Å². The van der Waals surface area contributed by atoms with Crippen molar-refractivity contribution in [2.75, 3.05) is 4.90 Å². The summed E-state index contributed by atoms with van der Waals surface area (Å²) in [6.07, 6.45) is 6.55. The number of hydrogen-bond donors (Lipinski definition) is 1. The summed E-state index contributed by atoms with van der Waals surface area (Å²) in [7, 11) is -4.61. The monoisotopic (exact) mass is 421 g/mol. The highest BCUT2D eigenvalue weighted by molar-refractivity contribution is 7.90. The fourth-order valence-corrected chi connectivity index (χ4v) is 4.34. The third-order valence-electron chi connectivity index (χ3n) is 4.56. The first-order valence-corrected chi connectivity index (χ1v) is 10.6. The average molecular weight is 421 g/mol. The molecule has 1 aromatic heterocycles. The fourth-order valence-electron chi connectivity index (χ4n) is 3.45. The molecule has 0 saturated heterocycles. The summed E-state index contributed by atoms with van der Waals surface area (Å²) in [5, 5.41) is -0.263. The topological polar surface area (TPSA) is 92.6 Å². The van der Waals surface area contributed by atoms with Crippen molar-refractivity contribution in [3.05, 3.63) is 83.7 Å². The van der Waals surface area contributed by atoms with Crippen LogP contribution < -0.4 is 9.64 Å². The van der Waals surface area contributed by atoms with Crippen molar-refractivity contribution in [3.8, 4) is 22.9 Å². The van der Waals surface area contributed by atoms with E-state index in [1.165, 1.54) is 4.90 Å². The lowest BCUT2D eigenvalue weighted by atomic mass is 10.1. The van der Waals surface area contributed by atoms with Crippen molar-refractivity contribution >= 4 is 21.5 Å². The van der Waals surface area contributed by atoms with Crippen molar-refractivity contribution in [3.63, 3.8) is 0 Å². The molecule has 0 spiro atoms. The van der Waals surface area contributed by atoms with Gasteiger partial charge in [-0.25, -0.2) is 9.97 Å². The molecule has 3 aromatic rings. The Hall–Kier alpha value is -3.49. The fraction of sp³-hybridized carbons (Fsp3) is 0.0909. The molecular formula is C22H19N3O4S. The SMILES string of the molecule is CC=CC(C)=C(N1c2ccccc2Oc2cccc(-c3ncccn3)c21)S(=O)(=O)O. The molecule has 8 heteroatoms. The first-order chi connectivity index (χ1) is 14.4. The molecule has 7 nitrogen and oxygen atoms in total. The van der Waals surface area contributed by atoms with Crippen molar-refractivity contribution in [1.29, 1.82) is 0 Å². The Morgan fingerprint density at radius 2 is 1.73 bits per heavy atom. The number of hydrogen-bond acceptors (Lipinski definition) is 6. The Balaban J connectivity index is 2.11. The zero-order valence-electron chi connectivity index (χ0n) is 16.4. The van der Waals surface area contributed by atoms with E-state index in [1.807, 2.05) is 0 Å². The standard InChI is InChI=1S/C22H19N3O4S/c1-3-8-15(2)22(30(26,27)28)25-17-10-4-5-11-18(17)29-19-12-6-9-16(20(19)25)21-23-13-7-14-24-21/h3-14H,1-2H3,(H,26,27,28). The maximum Gasteiger partial charge on any atom is 0.310 e. The van der Waals surface area contributed by atoms with Crippen LogP contribution in [0.1, 0.15) is 13.8 Å². The van der Waals surface area contributed by atoms with Crippen molar-refractivity contribution < 1.29 is 17.7 Å². The van der Waals surface area contributed by atoms with E-state index in [9.17, 15) is 13.0 Å². The van der Waals surface area contributed by atoms with Gasteiger partial charge in [-0.15, -0.1) is 0 Å². The second kappa shape index (κ2) is 7.74. The van der Waals surface area contributed by atoms with Gasteiger partial charge in [0.2, 0.25) is 0 Å². The molecule has 152 valence electrons. The van der Waals surface area contributed by atoms with Gasteiger partial charge in [-0.1, -0.05) is 30.4 Å². The minimum absolute atomic E-state index is 0.263. The lowest BCUT2D eigenvalue weighted by Gasteiger charge is -2.34. The summed E-state index contributed by atoms with van der Waals surface area (Å²) in [6.45, 7) is 3.40. The molecule has 4 rings (SSSR count). The van der Waals surface area contributed by atoms with Crippen LogP contribution in [0.2, 0.25) is 0 Å². The van der Waals surface area contributed by atoms with E-state index in [1.54, 1.807) is 86.9 Å². The summed E-state index contributed by atoms with van der Waals surface area (Å²) in [4.78, 5) is 10.1. The lowest BCUT2D eigenvalue weighted by molar-refractivity contribution is 0.473. The zero-order chi connectivity index (χ0) is 21.3. The van der Waals surface area contributed by atoms with Crippen molar-refractivity contribution in [2.24, 2.45) is 0 Å². The minimum Gasteiger partial charge on any atom is -0.453 e. The molecule has 0 saturated carbocycles. The van der Waals surface area contributed by atoms with Crippen LogP contribution in [-0.2, 0) is 10.1 Å². The summed E-state index contributed by atoms with van der Waals surface area (Å²) in [5.41, 5.74) is 1.84. The van der Waals surface area contributed by atoms with E-state index in [-0.39, 0.29) is 5.03 Å². The number of aromatic nitrogens is 2. The van der Waals surface area contributed by atoms with Crippen LogP contribution in [0.25, 0.3) is 11.4 Å². The second-order valence-corrected chi connectivity index (χ2v) is 7.93. The first-order valence-electron chi connectivity index (χ1n) is 9.20. The van der Waals surface area contributed by atoms with Crippen LogP contribution >= 0.6 is 0 Å². The maximum atomic E-state index is 12.6. The highest BCUT2D eigenvalue weighted by Crippen LogP contribution is 2.52. The first kappa shape index (κ1) is 19.8. The highest BCUT2D eigenvalue weighted by Gasteiger charge is 2.35. The van der Waals surface area contributed by atoms with Crippen molar-refractivity contribution in [1.82, 2.24) is 9.97 Å². The predicted octanol–water partition coefficient (Wildman–Crippen LogP) is 5.08. The van der Waals surface area contributed by atoms with E-state index in [2.05, 4.69) is 9.97 Å². The van der Waals surface area contributed by atoms with Crippen LogP contribution in [0.4, 0.5) is 11.4 Å². The number of benzene rings is 2. The lowest BCUT2D eigenvalue weighted by Crippen LogP contribution is -2.27. The number of fused-ring (bicyclic) bond motifs is 2. The largest absolute Gasteiger partial charge is 0.453 e. The summed E-state index contributed by atoms with van der Waals surface area (Å²) < 4.78 is 41.4. The third kappa shape index (κ3) is 3.47. The zero-order valence-corrected chi connectivity index (χ0v) is 17.2. The number of ether oxygens (including phenoxy) is 1. The van der Waals surface area contributed by atoms with E-state index < -0.39 is 10.1 Å². The number of nitrogens with zero attached hydrogens (tertiary/aromatic N) is 3. The molecular weight excluding hydrogens is 402 g/mol. The molecule has 1 N–H and O–H groups in total.